The van der Waals surface area contributed by atoms with Crippen LogP contribution in [0.5, 0.6) is 0 Å². The van der Waals surface area contributed by atoms with E-state index in [2.05, 4.69) is 26.2 Å². The van der Waals surface area contributed by atoms with Gasteiger partial charge in [-0.1, -0.05) is 22.0 Å². The average Bonchev–Trinajstić information content (AvgIpc) is 3.00. The van der Waals surface area contributed by atoms with Crippen LogP contribution in [0.3, 0.4) is 0 Å². The Morgan fingerprint density at radius 1 is 1.27 bits per heavy atom. The number of benzene rings is 1. The highest BCUT2D eigenvalue weighted by Crippen LogP contribution is 2.24. The summed E-state index contributed by atoms with van der Waals surface area (Å²) in [5, 5.41) is 4.04. The first kappa shape index (κ1) is 18.8. The molecule has 1 aliphatic heterocycles. The van der Waals surface area contributed by atoms with E-state index in [1.54, 1.807) is 4.90 Å². The number of H-pyrrole nitrogens is 1. The summed E-state index contributed by atoms with van der Waals surface area (Å²) in [5.41, 5.74) is 0.970. The zero-order valence-corrected chi connectivity index (χ0v) is 16.9. The number of ether oxygens (including phenoxy) is 1. The smallest absolute Gasteiger partial charge is 0.410 e. The van der Waals surface area contributed by atoms with Crippen molar-refractivity contribution in [1.82, 2.24) is 15.2 Å². The molecular formula is C19H24BrN3O3. The van der Waals surface area contributed by atoms with Crippen LogP contribution < -0.4 is 5.32 Å². The monoisotopic (exact) mass is 421 g/mol. The molecule has 2 amide bonds. The molecule has 1 saturated heterocycles. The Morgan fingerprint density at radius 3 is 2.58 bits per heavy atom. The van der Waals surface area contributed by atoms with Gasteiger partial charge in [0.05, 0.1) is 0 Å². The number of carbonyl (C=O) groups is 2. The number of hydrogen-bond donors (Lipinski definition) is 2. The lowest BCUT2D eigenvalue weighted by atomic mass is 10.1. The van der Waals surface area contributed by atoms with Gasteiger partial charge < -0.3 is 19.9 Å². The molecule has 0 saturated carbocycles. The summed E-state index contributed by atoms with van der Waals surface area (Å²) in [6, 6.07) is 7.72. The maximum absolute atomic E-state index is 12.5. The van der Waals surface area contributed by atoms with Gasteiger partial charge in [0.15, 0.2) is 0 Å². The van der Waals surface area contributed by atoms with E-state index in [4.69, 9.17) is 4.74 Å². The van der Waals surface area contributed by atoms with Crippen LogP contribution in [0.15, 0.2) is 28.7 Å². The maximum Gasteiger partial charge on any atom is 0.410 e. The SMILES string of the molecule is CC(C)(C)OC(=O)N1CCC(NC(=O)c2cc3c(Br)cccc3[nH]2)CC1. The molecule has 1 aromatic heterocycles. The van der Waals surface area contributed by atoms with Crippen molar-refractivity contribution in [1.29, 1.82) is 0 Å². The van der Waals surface area contributed by atoms with E-state index in [0.717, 1.165) is 28.2 Å². The van der Waals surface area contributed by atoms with Crippen molar-refractivity contribution in [3.8, 4) is 0 Å². The van der Waals surface area contributed by atoms with Crippen LogP contribution in [0.25, 0.3) is 10.9 Å². The van der Waals surface area contributed by atoms with Gasteiger partial charge in [-0.2, -0.15) is 0 Å². The number of hydrogen-bond acceptors (Lipinski definition) is 3. The van der Waals surface area contributed by atoms with E-state index in [-0.39, 0.29) is 18.0 Å². The minimum Gasteiger partial charge on any atom is -0.444 e. The van der Waals surface area contributed by atoms with Crippen LogP contribution in [0.4, 0.5) is 4.79 Å². The Morgan fingerprint density at radius 2 is 1.96 bits per heavy atom. The predicted octanol–water partition coefficient (Wildman–Crippen LogP) is 4.06. The Bertz CT molecular complexity index is 817. The normalized spacial score (nSPS) is 15.9. The molecule has 1 fully saturated rings. The third kappa shape index (κ3) is 4.38. The Balaban J connectivity index is 1.56. The summed E-state index contributed by atoms with van der Waals surface area (Å²) in [7, 11) is 0. The van der Waals surface area contributed by atoms with Crippen LogP contribution in [0, 0.1) is 0 Å². The highest BCUT2D eigenvalue weighted by Gasteiger charge is 2.27. The molecule has 0 atom stereocenters. The van der Waals surface area contributed by atoms with Gasteiger partial charge in [-0.05, 0) is 51.8 Å². The zero-order chi connectivity index (χ0) is 18.9. The largest absolute Gasteiger partial charge is 0.444 e. The van der Waals surface area contributed by atoms with E-state index in [1.165, 1.54) is 0 Å². The van der Waals surface area contributed by atoms with Gasteiger partial charge in [0.25, 0.3) is 5.91 Å². The van der Waals surface area contributed by atoms with E-state index in [0.29, 0.717) is 18.8 Å². The summed E-state index contributed by atoms with van der Waals surface area (Å²) in [4.78, 5) is 29.5. The number of rotatable bonds is 2. The number of halogens is 1. The number of piperidine rings is 1. The second-order valence-electron chi connectivity index (χ2n) is 7.60. The molecule has 0 radical (unpaired) electrons. The molecule has 3 rings (SSSR count). The van der Waals surface area contributed by atoms with Gasteiger partial charge >= 0.3 is 6.09 Å². The first-order chi connectivity index (χ1) is 12.2. The van der Waals surface area contributed by atoms with Gasteiger partial charge in [0.1, 0.15) is 11.3 Å². The molecule has 2 aromatic rings. The number of fused-ring (bicyclic) bond motifs is 1. The van der Waals surface area contributed by atoms with Crippen molar-refractivity contribution in [2.75, 3.05) is 13.1 Å². The van der Waals surface area contributed by atoms with Gasteiger partial charge in [-0.25, -0.2) is 4.79 Å². The number of nitrogens with one attached hydrogen (secondary N) is 2. The first-order valence-corrected chi connectivity index (χ1v) is 9.58. The second kappa shape index (κ2) is 7.31. The van der Waals surface area contributed by atoms with Crippen molar-refractivity contribution < 1.29 is 14.3 Å². The predicted molar refractivity (Wildman–Crippen MR) is 104 cm³/mol. The number of nitrogens with zero attached hydrogens (tertiary/aromatic N) is 1. The minimum atomic E-state index is -0.494. The summed E-state index contributed by atoms with van der Waals surface area (Å²) in [5.74, 6) is -0.121. The van der Waals surface area contributed by atoms with Gasteiger partial charge in [-0.15, -0.1) is 0 Å². The molecule has 1 aliphatic rings. The third-order valence-electron chi connectivity index (χ3n) is 4.34. The number of aromatic nitrogens is 1. The topological polar surface area (TPSA) is 74.4 Å². The highest BCUT2D eigenvalue weighted by atomic mass is 79.9. The van der Waals surface area contributed by atoms with E-state index >= 15 is 0 Å². The van der Waals surface area contributed by atoms with Crippen LogP contribution >= 0.6 is 15.9 Å². The van der Waals surface area contributed by atoms with Crippen LogP contribution in [-0.2, 0) is 4.74 Å². The number of carbonyl (C=O) groups excluding carboxylic acids is 2. The van der Waals surface area contributed by atoms with Crippen LogP contribution in [-0.4, -0.2) is 46.6 Å². The van der Waals surface area contributed by atoms with Gasteiger partial charge in [0.2, 0.25) is 0 Å². The third-order valence-corrected chi connectivity index (χ3v) is 5.03. The molecule has 7 heteroatoms. The summed E-state index contributed by atoms with van der Waals surface area (Å²) in [6.07, 6.45) is 1.15. The molecule has 0 bridgehead atoms. The lowest BCUT2D eigenvalue weighted by Crippen LogP contribution is -2.47. The molecule has 140 valence electrons. The molecule has 6 nitrogen and oxygen atoms in total. The summed E-state index contributed by atoms with van der Waals surface area (Å²) < 4.78 is 6.35. The molecule has 26 heavy (non-hydrogen) atoms. The van der Waals surface area contributed by atoms with Crippen LogP contribution in [0.2, 0.25) is 0 Å². The zero-order valence-electron chi connectivity index (χ0n) is 15.3. The Labute approximate surface area is 161 Å². The van der Waals surface area contributed by atoms with Gasteiger partial charge in [-0.3, -0.25) is 4.79 Å². The van der Waals surface area contributed by atoms with E-state index in [1.807, 2.05) is 45.0 Å². The first-order valence-electron chi connectivity index (χ1n) is 8.79. The lowest BCUT2D eigenvalue weighted by Gasteiger charge is -2.33. The molecule has 0 aliphatic carbocycles. The van der Waals surface area contributed by atoms with E-state index in [9.17, 15) is 9.59 Å². The standard InChI is InChI=1S/C19H24BrN3O3/c1-19(2,3)26-18(25)23-9-7-12(8-10-23)21-17(24)16-11-13-14(20)5-4-6-15(13)22-16/h4-6,11-12,22H,7-10H2,1-3H3,(H,21,24). The fourth-order valence-electron chi connectivity index (χ4n) is 3.04. The second-order valence-corrected chi connectivity index (χ2v) is 8.45. The Kier molecular flexibility index (Phi) is 5.27. The molecule has 0 spiro atoms. The highest BCUT2D eigenvalue weighted by molar-refractivity contribution is 9.10. The van der Waals surface area contributed by atoms with Crippen molar-refractivity contribution in [2.45, 2.75) is 45.3 Å². The molecule has 1 aromatic carbocycles. The molecule has 0 unspecified atom stereocenters. The van der Waals surface area contributed by atoms with Gasteiger partial charge in [0, 0.05) is 34.5 Å². The number of likely N-dealkylation sites (tertiary alicyclic amines) is 1. The quantitative estimate of drug-likeness (QED) is 0.767. The molecular weight excluding hydrogens is 398 g/mol. The Hall–Kier alpha value is -2.02. The fraction of sp³-hybridized carbons (Fsp3) is 0.474. The molecule has 2 N–H and O–H groups in total. The van der Waals surface area contributed by atoms with Crippen molar-refractivity contribution >= 4 is 38.8 Å². The lowest BCUT2D eigenvalue weighted by molar-refractivity contribution is 0.0199. The maximum atomic E-state index is 12.5. The molecule has 2 heterocycles. The number of aromatic amines is 1. The summed E-state index contributed by atoms with van der Waals surface area (Å²) in [6.45, 7) is 6.74. The number of amides is 2. The van der Waals surface area contributed by atoms with Crippen molar-refractivity contribution in [3.05, 3.63) is 34.4 Å². The average molecular weight is 422 g/mol. The van der Waals surface area contributed by atoms with E-state index < -0.39 is 5.60 Å². The van der Waals surface area contributed by atoms with Crippen molar-refractivity contribution in [2.24, 2.45) is 0 Å². The van der Waals surface area contributed by atoms with Crippen molar-refractivity contribution in [3.63, 3.8) is 0 Å². The summed E-state index contributed by atoms with van der Waals surface area (Å²) >= 11 is 3.50. The minimum absolute atomic E-state index is 0.0519. The fourth-order valence-corrected chi connectivity index (χ4v) is 3.52. The van der Waals surface area contributed by atoms with Crippen LogP contribution in [0.1, 0.15) is 44.1 Å².